The van der Waals surface area contributed by atoms with E-state index in [4.69, 9.17) is 15.9 Å². The van der Waals surface area contributed by atoms with Crippen molar-refractivity contribution in [1.29, 1.82) is 5.41 Å². The van der Waals surface area contributed by atoms with Crippen molar-refractivity contribution >= 4 is 48.8 Å². The largest absolute Gasteiger partial charge is 0.486 e. The number of nitrogens with one attached hydrogen (secondary N) is 1. The van der Waals surface area contributed by atoms with Gasteiger partial charge in [-0.1, -0.05) is 36.4 Å². The summed E-state index contributed by atoms with van der Waals surface area (Å²) in [6, 6.07) is 24.4. The lowest BCUT2D eigenvalue weighted by molar-refractivity contribution is 0.307. The number of thiophene rings is 1. The first-order valence-electron chi connectivity index (χ1n) is 9.12. The van der Waals surface area contributed by atoms with Crippen molar-refractivity contribution in [3.05, 3.63) is 82.7 Å². The number of ether oxygens (including phenoxy) is 1. The van der Waals surface area contributed by atoms with Crippen LogP contribution in [0.4, 0.5) is 0 Å². The van der Waals surface area contributed by atoms with Crippen LogP contribution in [0.5, 0.6) is 5.75 Å². The number of nitrogen functional groups attached to an aromatic ring is 1. The van der Waals surface area contributed by atoms with Crippen LogP contribution in [-0.4, -0.2) is 10.8 Å². The maximum absolute atomic E-state index is 7.66. The topological polar surface area (TPSA) is 72.0 Å². The summed E-state index contributed by atoms with van der Waals surface area (Å²) in [4.78, 5) is 5.44. The Labute approximate surface area is 175 Å². The summed E-state index contributed by atoms with van der Waals surface area (Å²) in [5, 5.41) is 9.70. The van der Waals surface area contributed by atoms with Gasteiger partial charge >= 0.3 is 0 Å². The molecule has 0 bridgehead atoms. The molecule has 0 saturated carbocycles. The molecule has 0 aliphatic rings. The average molecular weight is 416 g/mol. The summed E-state index contributed by atoms with van der Waals surface area (Å²) < 4.78 is 8.45. The third kappa shape index (κ3) is 3.48. The lowest BCUT2D eigenvalue weighted by atomic mass is 10.0. The van der Waals surface area contributed by atoms with Gasteiger partial charge in [0.2, 0.25) is 0 Å². The zero-order chi connectivity index (χ0) is 19.8. The molecule has 0 fully saturated rings. The van der Waals surface area contributed by atoms with Crippen molar-refractivity contribution in [1.82, 2.24) is 4.98 Å². The number of hydrogen-bond acceptors (Lipinski definition) is 5. The minimum absolute atomic E-state index is 0.104. The monoisotopic (exact) mass is 415 g/mol. The fourth-order valence-electron chi connectivity index (χ4n) is 3.30. The number of amidine groups is 1. The molecule has 4 nitrogen and oxygen atoms in total. The molecule has 0 aliphatic heterocycles. The molecular formula is C23H17N3OS2. The normalized spacial score (nSPS) is 11.2. The molecule has 2 aromatic heterocycles. The fourth-order valence-corrected chi connectivity index (χ4v) is 5.08. The quantitative estimate of drug-likeness (QED) is 0.271. The Hall–Kier alpha value is -3.22. The molecule has 0 unspecified atom stereocenters. The van der Waals surface area contributed by atoms with Crippen molar-refractivity contribution in [2.75, 3.05) is 0 Å². The number of hydrogen-bond donors (Lipinski definition) is 2. The smallest absolute Gasteiger partial charge is 0.140 e. The van der Waals surface area contributed by atoms with Gasteiger partial charge in [-0.3, -0.25) is 5.41 Å². The number of fused-ring (bicyclic) bond motifs is 2. The standard InChI is InChI=1S/C23H17N3OS2/c24-23(25)21-12-15-11-14(9-10-19(15)28-21)16-5-1-3-7-18(16)27-13-22-26-17-6-2-4-8-20(17)29-22/h1-12H,13H2,(H3,24,25). The molecule has 0 amide bonds. The van der Waals surface area contributed by atoms with E-state index < -0.39 is 0 Å². The lowest BCUT2D eigenvalue weighted by Gasteiger charge is -2.11. The zero-order valence-electron chi connectivity index (χ0n) is 15.4. The van der Waals surface area contributed by atoms with Gasteiger partial charge in [-0.2, -0.15) is 0 Å². The third-order valence-corrected chi connectivity index (χ3v) is 6.83. The van der Waals surface area contributed by atoms with Gasteiger partial charge in [0.15, 0.2) is 0 Å². The fraction of sp³-hybridized carbons (Fsp3) is 0.0435. The number of thiazole rings is 1. The number of rotatable bonds is 5. The highest BCUT2D eigenvalue weighted by Gasteiger charge is 2.11. The molecule has 3 aromatic carbocycles. The molecule has 29 heavy (non-hydrogen) atoms. The van der Waals surface area contributed by atoms with E-state index in [1.54, 1.807) is 11.3 Å². The molecule has 0 saturated heterocycles. The summed E-state index contributed by atoms with van der Waals surface area (Å²) in [6.45, 7) is 0.436. The Morgan fingerprint density at radius 2 is 1.76 bits per heavy atom. The predicted octanol–water partition coefficient (Wildman–Crippen LogP) is 6.04. The van der Waals surface area contributed by atoms with E-state index >= 15 is 0 Å². The van der Waals surface area contributed by atoms with Gasteiger partial charge in [0.1, 0.15) is 23.2 Å². The minimum Gasteiger partial charge on any atom is -0.486 e. The number of aromatic nitrogens is 1. The number of para-hydroxylation sites is 2. The maximum atomic E-state index is 7.66. The second-order valence-corrected chi connectivity index (χ2v) is 8.84. The van der Waals surface area contributed by atoms with E-state index in [1.165, 1.54) is 16.0 Å². The molecule has 3 N–H and O–H groups in total. The Kier molecular flexibility index (Phi) is 4.50. The van der Waals surface area contributed by atoms with Crippen LogP contribution in [0.3, 0.4) is 0 Å². The maximum Gasteiger partial charge on any atom is 0.140 e. The molecule has 142 valence electrons. The Balaban J connectivity index is 1.45. The van der Waals surface area contributed by atoms with Crippen LogP contribution in [0.1, 0.15) is 9.88 Å². The lowest BCUT2D eigenvalue weighted by Crippen LogP contribution is -2.08. The summed E-state index contributed by atoms with van der Waals surface area (Å²) in [5.41, 5.74) is 8.76. The van der Waals surface area contributed by atoms with E-state index in [-0.39, 0.29) is 5.84 Å². The van der Waals surface area contributed by atoms with Crippen molar-refractivity contribution in [2.45, 2.75) is 6.61 Å². The molecular weight excluding hydrogens is 398 g/mol. The molecule has 0 aliphatic carbocycles. The highest BCUT2D eigenvalue weighted by atomic mass is 32.1. The van der Waals surface area contributed by atoms with Crippen LogP contribution in [-0.2, 0) is 6.61 Å². The molecule has 5 rings (SSSR count). The van der Waals surface area contributed by atoms with E-state index in [0.29, 0.717) is 6.61 Å². The summed E-state index contributed by atoms with van der Waals surface area (Å²) in [7, 11) is 0. The van der Waals surface area contributed by atoms with Crippen molar-refractivity contribution < 1.29 is 4.74 Å². The Morgan fingerprint density at radius 1 is 0.931 bits per heavy atom. The first-order chi connectivity index (χ1) is 14.2. The van der Waals surface area contributed by atoms with E-state index in [1.807, 2.05) is 42.5 Å². The SMILES string of the molecule is N=C(N)c1cc2cc(-c3ccccc3OCc3nc4ccccc4s3)ccc2s1. The first-order valence-corrected chi connectivity index (χ1v) is 10.8. The van der Waals surface area contributed by atoms with E-state index in [0.717, 1.165) is 42.4 Å². The van der Waals surface area contributed by atoms with Gasteiger partial charge in [-0.05, 0) is 47.3 Å². The molecule has 0 spiro atoms. The second-order valence-electron chi connectivity index (χ2n) is 6.64. The van der Waals surface area contributed by atoms with Gasteiger partial charge in [0, 0.05) is 10.3 Å². The molecule has 0 atom stereocenters. The average Bonchev–Trinajstić information content (AvgIpc) is 3.35. The van der Waals surface area contributed by atoms with Crippen molar-refractivity contribution in [3.63, 3.8) is 0 Å². The highest BCUT2D eigenvalue weighted by molar-refractivity contribution is 7.20. The zero-order valence-corrected chi connectivity index (χ0v) is 17.0. The van der Waals surface area contributed by atoms with Crippen LogP contribution >= 0.6 is 22.7 Å². The van der Waals surface area contributed by atoms with Gasteiger partial charge in [-0.25, -0.2) is 4.98 Å². The van der Waals surface area contributed by atoms with Crippen LogP contribution in [0, 0.1) is 5.41 Å². The van der Waals surface area contributed by atoms with Crippen LogP contribution in [0.2, 0.25) is 0 Å². The Bertz CT molecular complexity index is 1320. The highest BCUT2D eigenvalue weighted by Crippen LogP contribution is 2.35. The molecule has 0 radical (unpaired) electrons. The number of benzene rings is 3. The van der Waals surface area contributed by atoms with Crippen molar-refractivity contribution in [2.24, 2.45) is 5.73 Å². The molecule has 2 heterocycles. The van der Waals surface area contributed by atoms with Crippen LogP contribution in [0.15, 0.2) is 72.8 Å². The first kappa shape index (κ1) is 17.8. The predicted molar refractivity (Wildman–Crippen MR) is 122 cm³/mol. The minimum atomic E-state index is 0.104. The summed E-state index contributed by atoms with van der Waals surface area (Å²) >= 11 is 3.19. The van der Waals surface area contributed by atoms with E-state index in [9.17, 15) is 0 Å². The van der Waals surface area contributed by atoms with Gasteiger partial charge in [-0.15, -0.1) is 22.7 Å². The second kappa shape index (κ2) is 7.31. The molecule has 5 aromatic rings. The third-order valence-electron chi connectivity index (χ3n) is 4.67. The van der Waals surface area contributed by atoms with Gasteiger partial charge in [0.25, 0.3) is 0 Å². The van der Waals surface area contributed by atoms with Crippen LogP contribution < -0.4 is 10.5 Å². The summed E-state index contributed by atoms with van der Waals surface area (Å²) in [6.07, 6.45) is 0. The van der Waals surface area contributed by atoms with Crippen LogP contribution in [0.25, 0.3) is 31.4 Å². The number of nitrogens with two attached hydrogens (primary N) is 1. The Morgan fingerprint density at radius 3 is 2.62 bits per heavy atom. The van der Waals surface area contributed by atoms with Crippen molar-refractivity contribution in [3.8, 4) is 16.9 Å². The van der Waals surface area contributed by atoms with Gasteiger partial charge in [0.05, 0.1) is 15.1 Å². The van der Waals surface area contributed by atoms with E-state index in [2.05, 4.69) is 35.3 Å². The molecule has 6 heteroatoms. The van der Waals surface area contributed by atoms with Gasteiger partial charge < -0.3 is 10.5 Å². The number of nitrogens with zero attached hydrogens (tertiary/aromatic N) is 1. The summed E-state index contributed by atoms with van der Waals surface area (Å²) in [5.74, 6) is 0.931.